The third kappa shape index (κ3) is 1.64. The lowest BCUT2D eigenvalue weighted by Gasteiger charge is -2.12. The Hall–Kier alpha value is -1.91. The van der Waals surface area contributed by atoms with E-state index in [9.17, 15) is 14.4 Å². The van der Waals surface area contributed by atoms with E-state index in [-0.39, 0.29) is 36.8 Å². The van der Waals surface area contributed by atoms with Crippen LogP contribution in [-0.2, 0) is 19.1 Å². The fourth-order valence-corrected chi connectivity index (χ4v) is 1.96. The van der Waals surface area contributed by atoms with Gasteiger partial charge < -0.3 is 4.74 Å². The van der Waals surface area contributed by atoms with E-state index >= 15 is 0 Å². The van der Waals surface area contributed by atoms with Gasteiger partial charge in [-0.1, -0.05) is 24.3 Å². The molecule has 0 saturated carbocycles. The molecule has 84 valence electrons. The van der Waals surface area contributed by atoms with E-state index in [0.29, 0.717) is 6.47 Å². The Morgan fingerprint density at radius 3 is 2.25 bits per heavy atom. The minimum atomic E-state index is -0.381. The Bertz CT molecular complexity index is 355. The minimum absolute atomic E-state index is 0.0495. The molecule has 1 aliphatic heterocycles. The number of nitrogens with zero attached hydrogens (tertiary/aromatic N) is 1. The predicted molar refractivity (Wildman–Crippen MR) is 54.0 cm³/mol. The molecule has 1 heterocycles. The number of ether oxygens (including phenoxy) is 1. The quantitative estimate of drug-likeness (QED) is 0.377. The molecule has 0 radical (unpaired) electrons. The van der Waals surface area contributed by atoms with Crippen LogP contribution in [-0.4, -0.2) is 36.3 Å². The van der Waals surface area contributed by atoms with Crippen molar-refractivity contribution in [3.8, 4) is 0 Å². The maximum absolute atomic E-state index is 11.8. The average molecular weight is 221 g/mol. The number of imide groups is 1. The molecule has 5 nitrogen and oxygen atoms in total. The van der Waals surface area contributed by atoms with E-state index in [1.54, 1.807) is 24.3 Å². The van der Waals surface area contributed by atoms with Gasteiger partial charge in [-0.25, -0.2) is 0 Å². The highest BCUT2D eigenvalue weighted by Gasteiger charge is 2.45. The van der Waals surface area contributed by atoms with Crippen molar-refractivity contribution in [1.29, 1.82) is 0 Å². The Morgan fingerprint density at radius 2 is 1.75 bits per heavy atom. The molecule has 0 spiro atoms. The summed E-state index contributed by atoms with van der Waals surface area (Å²) in [7, 11) is 0. The average Bonchev–Trinajstić information content (AvgIpc) is 2.55. The Labute approximate surface area is 92.4 Å². The van der Waals surface area contributed by atoms with Crippen LogP contribution in [0.3, 0.4) is 0 Å². The summed E-state index contributed by atoms with van der Waals surface area (Å²) < 4.78 is 4.48. The van der Waals surface area contributed by atoms with Crippen LogP contribution >= 0.6 is 0 Å². The molecule has 2 atom stereocenters. The third-order valence-electron chi connectivity index (χ3n) is 2.74. The van der Waals surface area contributed by atoms with Crippen LogP contribution in [0, 0.1) is 11.8 Å². The molecule has 2 rings (SSSR count). The topological polar surface area (TPSA) is 63.7 Å². The number of hydrogen-bond acceptors (Lipinski definition) is 4. The van der Waals surface area contributed by atoms with Gasteiger partial charge >= 0.3 is 0 Å². The van der Waals surface area contributed by atoms with E-state index in [0.717, 1.165) is 4.90 Å². The van der Waals surface area contributed by atoms with Gasteiger partial charge in [0.25, 0.3) is 6.47 Å². The predicted octanol–water partition coefficient (Wildman–Crippen LogP) is -0.113. The van der Waals surface area contributed by atoms with Gasteiger partial charge in [0, 0.05) is 0 Å². The van der Waals surface area contributed by atoms with Crippen molar-refractivity contribution in [3.63, 3.8) is 0 Å². The van der Waals surface area contributed by atoms with Gasteiger partial charge in [0.2, 0.25) is 11.8 Å². The molecule has 2 amide bonds. The second kappa shape index (κ2) is 4.30. The van der Waals surface area contributed by atoms with E-state index in [1.807, 2.05) is 0 Å². The highest BCUT2D eigenvalue weighted by atomic mass is 16.5. The van der Waals surface area contributed by atoms with Crippen molar-refractivity contribution < 1.29 is 19.1 Å². The van der Waals surface area contributed by atoms with Gasteiger partial charge in [0.05, 0.1) is 18.4 Å². The van der Waals surface area contributed by atoms with E-state index in [2.05, 4.69) is 4.74 Å². The molecule has 0 aromatic carbocycles. The zero-order valence-electron chi connectivity index (χ0n) is 8.54. The Morgan fingerprint density at radius 1 is 1.19 bits per heavy atom. The lowest BCUT2D eigenvalue weighted by Crippen LogP contribution is -2.34. The Balaban J connectivity index is 2.07. The van der Waals surface area contributed by atoms with Crippen molar-refractivity contribution in [2.45, 2.75) is 0 Å². The van der Waals surface area contributed by atoms with Gasteiger partial charge in [-0.05, 0) is 0 Å². The molecule has 1 aliphatic carbocycles. The molecule has 0 bridgehead atoms. The number of amides is 2. The maximum Gasteiger partial charge on any atom is 0.293 e. The monoisotopic (exact) mass is 221 g/mol. The summed E-state index contributed by atoms with van der Waals surface area (Å²) in [5, 5.41) is 0. The first-order chi connectivity index (χ1) is 7.75. The molecule has 16 heavy (non-hydrogen) atoms. The summed E-state index contributed by atoms with van der Waals surface area (Å²) in [5.41, 5.74) is 0. The molecule has 2 unspecified atom stereocenters. The number of likely N-dealkylation sites (tertiary alicyclic amines) is 1. The fourth-order valence-electron chi connectivity index (χ4n) is 1.96. The molecule has 0 aromatic rings. The van der Waals surface area contributed by atoms with E-state index in [1.165, 1.54) is 0 Å². The minimum Gasteiger partial charge on any atom is -0.466 e. The SMILES string of the molecule is O=COCCN1C(=O)C2C=CC=CC2C1=O. The number of allylic oxidation sites excluding steroid dienone is 2. The van der Waals surface area contributed by atoms with Crippen LogP contribution in [0.25, 0.3) is 0 Å². The van der Waals surface area contributed by atoms with Crippen LogP contribution in [0.1, 0.15) is 0 Å². The maximum atomic E-state index is 11.8. The van der Waals surface area contributed by atoms with Crippen molar-refractivity contribution in [3.05, 3.63) is 24.3 Å². The first kappa shape index (κ1) is 10.6. The Kier molecular flexibility index (Phi) is 2.85. The summed E-state index contributed by atoms with van der Waals surface area (Å²) in [6.45, 7) is 0.483. The zero-order valence-corrected chi connectivity index (χ0v) is 8.54. The second-order valence-corrected chi connectivity index (χ2v) is 3.62. The molecule has 0 aromatic heterocycles. The number of rotatable bonds is 4. The summed E-state index contributed by atoms with van der Waals surface area (Å²) >= 11 is 0. The normalized spacial score (nSPS) is 27.1. The molecule has 1 fully saturated rings. The van der Waals surface area contributed by atoms with Crippen LogP contribution in [0.4, 0.5) is 0 Å². The van der Waals surface area contributed by atoms with Crippen molar-refractivity contribution in [2.75, 3.05) is 13.2 Å². The third-order valence-corrected chi connectivity index (χ3v) is 2.74. The molecule has 5 heteroatoms. The van der Waals surface area contributed by atoms with Crippen LogP contribution < -0.4 is 0 Å². The zero-order chi connectivity index (χ0) is 11.5. The van der Waals surface area contributed by atoms with E-state index < -0.39 is 0 Å². The summed E-state index contributed by atoms with van der Waals surface area (Å²) in [4.78, 5) is 34.8. The summed E-state index contributed by atoms with van der Waals surface area (Å²) in [5.74, 6) is -1.20. The van der Waals surface area contributed by atoms with Crippen molar-refractivity contribution in [2.24, 2.45) is 11.8 Å². The van der Waals surface area contributed by atoms with Crippen LogP contribution in [0.2, 0.25) is 0 Å². The first-order valence-corrected chi connectivity index (χ1v) is 5.01. The lowest BCUT2D eigenvalue weighted by atomic mass is 9.91. The number of carbonyl (C=O) groups excluding carboxylic acids is 3. The molecule has 1 saturated heterocycles. The van der Waals surface area contributed by atoms with Gasteiger partial charge in [0.15, 0.2) is 0 Å². The standard InChI is InChI=1S/C11H11NO4/c13-7-16-6-5-12-10(14)8-3-1-2-4-9(8)11(12)15/h1-4,7-9H,5-6H2. The highest BCUT2D eigenvalue weighted by molar-refractivity contribution is 6.07. The van der Waals surface area contributed by atoms with Gasteiger partial charge in [-0.15, -0.1) is 0 Å². The summed E-state index contributed by atoms with van der Waals surface area (Å²) in [6.07, 6.45) is 6.98. The highest BCUT2D eigenvalue weighted by Crippen LogP contribution is 2.30. The molecule has 2 aliphatic rings. The fraction of sp³-hybridized carbons (Fsp3) is 0.364. The van der Waals surface area contributed by atoms with Gasteiger partial charge in [0.1, 0.15) is 6.61 Å². The van der Waals surface area contributed by atoms with Crippen LogP contribution in [0.5, 0.6) is 0 Å². The molecule has 0 N–H and O–H groups in total. The molecular formula is C11H11NO4. The van der Waals surface area contributed by atoms with Gasteiger partial charge in [-0.2, -0.15) is 0 Å². The second-order valence-electron chi connectivity index (χ2n) is 3.62. The number of hydrogen-bond donors (Lipinski definition) is 0. The summed E-state index contributed by atoms with van der Waals surface area (Å²) in [6, 6.07) is 0. The van der Waals surface area contributed by atoms with Crippen molar-refractivity contribution in [1.82, 2.24) is 4.90 Å². The lowest BCUT2D eigenvalue weighted by molar-refractivity contribution is -0.142. The van der Waals surface area contributed by atoms with Crippen molar-refractivity contribution >= 4 is 18.3 Å². The van der Waals surface area contributed by atoms with Crippen LogP contribution in [0.15, 0.2) is 24.3 Å². The largest absolute Gasteiger partial charge is 0.466 e. The molecular weight excluding hydrogens is 210 g/mol. The number of fused-ring (bicyclic) bond motifs is 1. The first-order valence-electron chi connectivity index (χ1n) is 5.01. The van der Waals surface area contributed by atoms with Gasteiger partial charge in [-0.3, -0.25) is 19.3 Å². The smallest absolute Gasteiger partial charge is 0.293 e. The van der Waals surface area contributed by atoms with E-state index in [4.69, 9.17) is 0 Å². The number of carbonyl (C=O) groups is 3.